The molecule has 1 N–H and O–H groups in total. The Labute approximate surface area is 126 Å². The number of benzene rings is 1. The number of carbonyl (C=O) groups is 1. The van der Waals surface area contributed by atoms with Crippen molar-refractivity contribution in [1.29, 1.82) is 0 Å². The molecule has 21 heavy (non-hydrogen) atoms. The van der Waals surface area contributed by atoms with Crippen LogP contribution < -0.4 is 0 Å². The second-order valence-corrected chi connectivity index (χ2v) is 6.46. The van der Waals surface area contributed by atoms with Crippen LogP contribution in [0.2, 0.25) is 0 Å². The summed E-state index contributed by atoms with van der Waals surface area (Å²) >= 11 is 0. The van der Waals surface area contributed by atoms with Crippen LogP contribution in [0.5, 0.6) is 0 Å². The second kappa shape index (κ2) is 5.27. The number of rotatable bonds is 1. The Bertz CT molecular complexity index is 612. The van der Waals surface area contributed by atoms with Gasteiger partial charge < -0.3 is 5.11 Å². The highest BCUT2D eigenvalue weighted by atomic mass is 16.3. The standard InChI is InChI=1S/C19H22O2/c1-13-16(11-14-7-4-3-5-8-14)17(20)12-15-9-6-10-18(21)19(13,15)2/h3-5,7-8,11-13,18,21H,6,9-10H2,1-2H3/b16-11+/t13-,18-,19-/m0/s1. The Morgan fingerprint density at radius 1 is 1.29 bits per heavy atom. The first-order chi connectivity index (χ1) is 10.0. The molecule has 2 heteroatoms. The number of allylic oxidation sites excluding steroid dienone is 2. The molecule has 2 nitrogen and oxygen atoms in total. The molecule has 0 spiro atoms. The molecule has 1 aromatic rings. The van der Waals surface area contributed by atoms with Crippen LogP contribution in [0.3, 0.4) is 0 Å². The minimum absolute atomic E-state index is 0.0421. The molecule has 0 aromatic heterocycles. The maximum atomic E-state index is 12.5. The van der Waals surface area contributed by atoms with Crippen LogP contribution in [-0.4, -0.2) is 17.0 Å². The van der Waals surface area contributed by atoms with E-state index in [1.807, 2.05) is 36.4 Å². The average molecular weight is 282 g/mol. The fourth-order valence-corrected chi connectivity index (χ4v) is 3.77. The Balaban J connectivity index is 2.06. The van der Waals surface area contributed by atoms with Gasteiger partial charge >= 0.3 is 0 Å². The third-order valence-electron chi connectivity index (χ3n) is 5.39. The highest BCUT2D eigenvalue weighted by molar-refractivity contribution is 6.09. The van der Waals surface area contributed by atoms with Gasteiger partial charge in [-0.1, -0.05) is 49.8 Å². The molecule has 0 heterocycles. The van der Waals surface area contributed by atoms with E-state index in [0.29, 0.717) is 0 Å². The molecule has 110 valence electrons. The predicted octanol–water partition coefficient (Wildman–Crippen LogP) is 3.77. The molecule has 0 amide bonds. The van der Waals surface area contributed by atoms with Gasteiger partial charge in [-0.15, -0.1) is 0 Å². The van der Waals surface area contributed by atoms with E-state index in [4.69, 9.17) is 0 Å². The highest BCUT2D eigenvalue weighted by Crippen LogP contribution is 2.51. The minimum atomic E-state index is -0.361. The van der Waals surface area contributed by atoms with E-state index in [2.05, 4.69) is 13.8 Å². The first-order valence-corrected chi connectivity index (χ1v) is 7.73. The van der Waals surface area contributed by atoms with Gasteiger partial charge in [0, 0.05) is 11.0 Å². The molecule has 3 rings (SSSR count). The van der Waals surface area contributed by atoms with Gasteiger partial charge in [0.15, 0.2) is 5.78 Å². The monoisotopic (exact) mass is 282 g/mol. The van der Waals surface area contributed by atoms with Crippen LogP contribution in [0, 0.1) is 11.3 Å². The van der Waals surface area contributed by atoms with Crippen LogP contribution in [-0.2, 0) is 4.79 Å². The SMILES string of the molecule is C[C@H]1/C(=C\c2ccccc2)C(=O)C=C2CCC[C@H](O)[C@]21C. The number of carbonyl (C=O) groups excluding carboxylic acids is 1. The summed E-state index contributed by atoms with van der Waals surface area (Å²) in [4.78, 5) is 12.5. The molecule has 1 aromatic carbocycles. The quantitative estimate of drug-likeness (QED) is 0.796. The van der Waals surface area contributed by atoms with Gasteiger partial charge in [-0.05, 0) is 42.9 Å². The van der Waals surface area contributed by atoms with E-state index in [1.165, 1.54) is 0 Å². The van der Waals surface area contributed by atoms with Crippen molar-refractivity contribution in [3.63, 3.8) is 0 Å². The van der Waals surface area contributed by atoms with E-state index < -0.39 is 0 Å². The summed E-state index contributed by atoms with van der Waals surface area (Å²) in [6, 6.07) is 9.93. The molecular weight excluding hydrogens is 260 g/mol. The summed E-state index contributed by atoms with van der Waals surface area (Å²) in [5.74, 6) is 0.147. The summed E-state index contributed by atoms with van der Waals surface area (Å²) in [7, 11) is 0. The largest absolute Gasteiger partial charge is 0.392 e. The van der Waals surface area contributed by atoms with Crippen LogP contribution >= 0.6 is 0 Å². The molecule has 3 atom stereocenters. The lowest BCUT2D eigenvalue weighted by molar-refractivity contribution is -0.113. The molecule has 0 aliphatic heterocycles. The second-order valence-electron chi connectivity index (χ2n) is 6.46. The van der Waals surface area contributed by atoms with Gasteiger partial charge in [0.25, 0.3) is 0 Å². The number of aliphatic hydroxyl groups excluding tert-OH is 1. The summed E-state index contributed by atoms with van der Waals surface area (Å²) in [6.45, 7) is 4.19. The predicted molar refractivity (Wildman–Crippen MR) is 84.6 cm³/mol. The van der Waals surface area contributed by atoms with E-state index in [9.17, 15) is 9.90 Å². The summed E-state index contributed by atoms with van der Waals surface area (Å²) in [5.41, 5.74) is 2.68. The zero-order chi connectivity index (χ0) is 15.0. The molecule has 1 saturated carbocycles. The van der Waals surface area contributed by atoms with E-state index in [0.717, 1.165) is 36.0 Å². The van der Waals surface area contributed by atoms with Crippen molar-refractivity contribution < 1.29 is 9.90 Å². The first kappa shape index (κ1) is 14.3. The van der Waals surface area contributed by atoms with Gasteiger partial charge in [-0.3, -0.25) is 4.79 Å². The molecular formula is C19H22O2. The van der Waals surface area contributed by atoms with E-state index in [1.54, 1.807) is 6.08 Å². The Hall–Kier alpha value is -1.67. The molecule has 0 unspecified atom stereocenters. The van der Waals surface area contributed by atoms with Gasteiger partial charge in [0.1, 0.15) is 0 Å². The van der Waals surface area contributed by atoms with Crippen molar-refractivity contribution in [2.45, 2.75) is 39.2 Å². The Morgan fingerprint density at radius 2 is 2.00 bits per heavy atom. The maximum absolute atomic E-state index is 12.5. The summed E-state index contributed by atoms with van der Waals surface area (Å²) in [5, 5.41) is 10.5. The van der Waals surface area contributed by atoms with E-state index >= 15 is 0 Å². The Morgan fingerprint density at radius 3 is 2.71 bits per heavy atom. The summed E-state index contributed by atoms with van der Waals surface area (Å²) < 4.78 is 0. The van der Waals surface area contributed by atoms with Crippen molar-refractivity contribution in [2.75, 3.05) is 0 Å². The number of hydrogen-bond donors (Lipinski definition) is 1. The van der Waals surface area contributed by atoms with Crippen LogP contribution in [0.15, 0.2) is 47.6 Å². The van der Waals surface area contributed by atoms with Gasteiger partial charge in [0.2, 0.25) is 0 Å². The van der Waals surface area contributed by atoms with Crippen LogP contribution in [0.25, 0.3) is 6.08 Å². The highest BCUT2D eigenvalue weighted by Gasteiger charge is 2.48. The van der Waals surface area contributed by atoms with Gasteiger partial charge in [0.05, 0.1) is 6.10 Å². The van der Waals surface area contributed by atoms with Gasteiger partial charge in [-0.2, -0.15) is 0 Å². The maximum Gasteiger partial charge on any atom is 0.182 e. The molecule has 0 saturated heterocycles. The zero-order valence-electron chi connectivity index (χ0n) is 12.7. The lowest BCUT2D eigenvalue weighted by atomic mass is 9.57. The lowest BCUT2D eigenvalue weighted by Crippen LogP contribution is -2.46. The van der Waals surface area contributed by atoms with Gasteiger partial charge in [-0.25, -0.2) is 0 Å². The van der Waals surface area contributed by atoms with Crippen LogP contribution in [0.1, 0.15) is 38.7 Å². The topological polar surface area (TPSA) is 37.3 Å². The normalized spacial score (nSPS) is 34.5. The molecule has 0 bridgehead atoms. The van der Waals surface area contributed by atoms with Crippen molar-refractivity contribution in [3.05, 3.63) is 53.1 Å². The number of aliphatic hydroxyl groups is 1. The van der Waals surface area contributed by atoms with Crippen molar-refractivity contribution in [1.82, 2.24) is 0 Å². The lowest BCUT2D eigenvalue weighted by Gasteiger charge is -2.48. The van der Waals surface area contributed by atoms with Crippen molar-refractivity contribution in [2.24, 2.45) is 11.3 Å². The van der Waals surface area contributed by atoms with Crippen LogP contribution in [0.4, 0.5) is 0 Å². The summed E-state index contributed by atoms with van der Waals surface area (Å²) in [6.07, 6.45) is 6.12. The fraction of sp³-hybridized carbons (Fsp3) is 0.421. The minimum Gasteiger partial charge on any atom is -0.392 e. The average Bonchev–Trinajstić information content (AvgIpc) is 2.48. The van der Waals surface area contributed by atoms with E-state index in [-0.39, 0.29) is 23.2 Å². The molecule has 2 aliphatic carbocycles. The van der Waals surface area contributed by atoms with Crippen molar-refractivity contribution >= 4 is 11.9 Å². The number of fused-ring (bicyclic) bond motifs is 1. The van der Waals surface area contributed by atoms with Crippen molar-refractivity contribution in [3.8, 4) is 0 Å². The Kier molecular flexibility index (Phi) is 3.58. The molecule has 2 aliphatic rings. The fourth-order valence-electron chi connectivity index (χ4n) is 3.77. The first-order valence-electron chi connectivity index (χ1n) is 7.73. The zero-order valence-corrected chi connectivity index (χ0v) is 12.7. The molecule has 0 radical (unpaired) electrons. The smallest absolute Gasteiger partial charge is 0.182 e. The number of ketones is 1. The third kappa shape index (κ3) is 2.28. The molecule has 1 fully saturated rings. The number of hydrogen-bond acceptors (Lipinski definition) is 2. The third-order valence-corrected chi connectivity index (χ3v) is 5.39.